The van der Waals surface area contributed by atoms with Crippen LogP contribution < -0.4 is 4.72 Å². The number of nitrogens with zero attached hydrogens (tertiary/aromatic N) is 2. The Balaban J connectivity index is 2.15. The number of rotatable bonds is 4. The summed E-state index contributed by atoms with van der Waals surface area (Å²) in [5.74, 6) is -1.15. The molecule has 2 N–H and O–H groups in total. The maximum atomic E-state index is 12.3. The van der Waals surface area contributed by atoms with E-state index in [4.69, 9.17) is 5.11 Å². The summed E-state index contributed by atoms with van der Waals surface area (Å²) in [6.45, 7) is 2.90. The molecule has 1 fully saturated rings. The quantitative estimate of drug-likeness (QED) is 0.843. The summed E-state index contributed by atoms with van der Waals surface area (Å²) in [5.41, 5.74) is -0.0490. The van der Waals surface area contributed by atoms with Gasteiger partial charge in [-0.15, -0.1) is 0 Å². The lowest BCUT2D eigenvalue weighted by atomic mass is 10.0. The molecule has 1 aliphatic heterocycles. The van der Waals surface area contributed by atoms with Gasteiger partial charge < -0.3 is 14.6 Å². The van der Waals surface area contributed by atoms with Crippen LogP contribution in [0.5, 0.6) is 0 Å². The standard InChI is InChI=1S/C13H21N3O4S/c1-9-6-10(4-5-15(9)2)14-21(19,20)11-7-12(13(17)18)16(3)8-11/h7-10,14H,4-6H2,1-3H3,(H,17,18). The van der Waals surface area contributed by atoms with Crippen LogP contribution in [0.15, 0.2) is 17.2 Å². The van der Waals surface area contributed by atoms with Crippen LogP contribution in [0.2, 0.25) is 0 Å². The largest absolute Gasteiger partial charge is 0.477 e. The molecular weight excluding hydrogens is 294 g/mol. The topological polar surface area (TPSA) is 91.6 Å². The predicted molar refractivity (Wildman–Crippen MR) is 77.8 cm³/mol. The van der Waals surface area contributed by atoms with Gasteiger partial charge >= 0.3 is 5.97 Å². The first-order valence-corrected chi connectivity index (χ1v) is 8.31. The number of aromatic nitrogens is 1. The molecule has 2 rings (SSSR count). The zero-order valence-electron chi connectivity index (χ0n) is 12.4. The lowest BCUT2D eigenvalue weighted by Crippen LogP contribution is -2.47. The molecule has 0 aliphatic carbocycles. The van der Waals surface area contributed by atoms with Crippen molar-refractivity contribution in [3.63, 3.8) is 0 Å². The fourth-order valence-electron chi connectivity index (χ4n) is 2.58. The molecule has 0 amide bonds. The highest BCUT2D eigenvalue weighted by Gasteiger charge is 2.28. The Morgan fingerprint density at radius 3 is 2.62 bits per heavy atom. The van der Waals surface area contributed by atoms with Crippen molar-refractivity contribution in [3.05, 3.63) is 18.0 Å². The Morgan fingerprint density at radius 1 is 1.43 bits per heavy atom. The summed E-state index contributed by atoms with van der Waals surface area (Å²) in [5, 5.41) is 8.99. The molecule has 0 radical (unpaired) electrons. The number of sulfonamides is 1. The van der Waals surface area contributed by atoms with Crippen molar-refractivity contribution in [2.75, 3.05) is 13.6 Å². The minimum Gasteiger partial charge on any atom is -0.477 e. The lowest BCUT2D eigenvalue weighted by Gasteiger charge is -2.35. The summed E-state index contributed by atoms with van der Waals surface area (Å²) >= 11 is 0. The average Bonchev–Trinajstić information content (AvgIpc) is 2.77. The van der Waals surface area contributed by atoms with Crippen molar-refractivity contribution >= 4 is 16.0 Å². The van der Waals surface area contributed by atoms with E-state index in [1.165, 1.54) is 23.9 Å². The number of hydrogen-bond donors (Lipinski definition) is 2. The van der Waals surface area contributed by atoms with Crippen molar-refractivity contribution in [3.8, 4) is 0 Å². The van der Waals surface area contributed by atoms with E-state index < -0.39 is 16.0 Å². The molecule has 0 spiro atoms. The lowest BCUT2D eigenvalue weighted by molar-refractivity contribution is 0.0686. The van der Waals surface area contributed by atoms with Crippen LogP contribution in [0, 0.1) is 0 Å². The molecule has 0 saturated carbocycles. The van der Waals surface area contributed by atoms with Crippen LogP contribution in [-0.2, 0) is 17.1 Å². The Hall–Kier alpha value is -1.38. The third-order valence-electron chi connectivity index (χ3n) is 4.04. The number of likely N-dealkylation sites (tertiary alicyclic amines) is 1. The van der Waals surface area contributed by atoms with Crippen LogP contribution in [-0.4, -0.2) is 54.6 Å². The Kier molecular flexibility index (Phi) is 4.40. The van der Waals surface area contributed by atoms with Crippen LogP contribution in [0.3, 0.4) is 0 Å². The second kappa shape index (κ2) is 5.78. The van der Waals surface area contributed by atoms with Crippen LogP contribution in [0.4, 0.5) is 0 Å². The Bertz CT molecular complexity index is 638. The van der Waals surface area contributed by atoms with Crippen molar-refractivity contribution in [2.24, 2.45) is 7.05 Å². The molecule has 0 aromatic carbocycles. The van der Waals surface area contributed by atoms with Gasteiger partial charge in [0, 0.05) is 25.3 Å². The van der Waals surface area contributed by atoms with Crippen LogP contribution in [0.1, 0.15) is 30.3 Å². The normalized spacial score (nSPS) is 24.1. The van der Waals surface area contributed by atoms with Crippen molar-refractivity contribution in [1.29, 1.82) is 0 Å². The fraction of sp³-hybridized carbons (Fsp3) is 0.615. The first-order valence-electron chi connectivity index (χ1n) is 6.83. The van der Waals surface area contributed by atoms with Gasteiger partial charge in [-0.05, 0) is 39.4 Å². The molecule has 0 bridgehead atoms. The highest BCUT2D eigenvalue weighted by Crippen LogP contribution is 2.19. The highest BCUT2D eigenvalue weighted by molar-refractivity contribution is 7.89. The molecule has 1 aromatic rings. The maximum absolute atomic E-state index is 12.3. The minimum atomic E-state index is -3.69. The van der Waals surface area contributed by atoms with Crippen molar-refractivity contribution < 1.29 is 18.3 Å². The fourth-order valence-corrected chi connectivity index (χ4v) is 3.93. The second-order valence-corrected chi connectivity index (χ2v) is 7.36. The van der Waals surface area contributed by atoms with E-state index in [0.29, 0.717) is 6.04 Å². The van der Waals surface area contributed by atoms with E-state index in [9.17, 15) is 13.2 Å². The summed E-state index contributed by atoms with van der Waals surface area (Å²) in [6, 6.07) is 1.38. The summed E-state index contributed by atoms with van der Waals surface area (Å²) in [6.07, 6.45) is 2.82. The van der Waals surface area contributed by atoms with Gasteiger partial charge in [-0.3, -0.25) is 0 Å². The van der Waals surface area contributed by atoms with Gasteiger partial charge in [0.05, 0.1) is 0 Å². The number of piperidine rings is 1. The SMILES string of the molecule is CC1CC(NS(=O)(=O)c2cc(C(=O)O)n(C)c2)CCN1C. The maximum Gasteiger partial charge on any atom is 0.352 e. The van der Waals surface area contributed by atoms with Gasteiger partial charge in [0.25, 0.3) is 0 Å². The summed E-state index contributed by atoms with van der Waals surface area (Å²) in [4.78, 5) is 13.2. The van der Waals surface area contributed by atoms with Gasteiger partial charge in [-0.1, -0.05) is 0 Å². The molecule has 7 nitrogen and oxygen atoms in total. The third kappa shape index (κ3) is 3.45. The molecule has 2 unspecified atom stereocenters. The smallest absolute Gasteiger partial charge is 0.352 e. The molecular formula is C13H21N3O4S. The number of hydrogen-bond acceptors (Lipinski definition) is 4. The molecule has 8 heteroatoms. The number of aryl methyl sites for hydroxylation is 1. The van der Waals surface area contributed by atoms with Crippen molar-refractivity contribution in [1.82, 2.24) is 14.2 Å². The van der Waals surface area contributed by atoms with E-state index in [2.05, 4.69) is 16.5 Å². The zero-order chi connectivity index (χ0) is 15.8. The Morgan fingerprint density at radius 2 is 2.10 bits per heavy atom. The average molecular weight is 315 g/mol. The minimum absolute atomic E-state index is 0.00557. The number of carboxylic acid groups (broad SMARTS) is 1. The molecule has 21 heavy (non-hydrogen) atoms. The second-order valence-electron chi connectivity index (χ2n) is 5.65. The molecule has 1 aromatic heterocycles. The summed E-state index contributed by atoms with van der Waals surface area (Å²) < 4.78 is 28.7. The number of carboxylic acids is 1. The molecule has 2 atom stereocenters. The first-order chi connectivity index (χ1) is 9.70. The first kappa shape index (κ1) is 16.0. The molecule has 118 valence electrons. The molecule has 2 heterocycles. The van der Waals surface area contributed by atoms with E-state index in [1.807, 2.05) is 7.05 Å². The number of aromatic carboxylic acids is 1. The third-order valence-corrected chi connectivity index (χ3v) is 5.53. The molecule has 1 saturated heterocycles. The van der Waals surface area contributed by atoms with Gasteiger partial charge in [0.2, 0.25) is 10.0 Å². The molecule has 1 aliphatic rings. The van der Waals surface area contributed by atoms with E-state index in [0.717, 1.165) is 19.4 Å². The predicted octanol–water partition coefficient (Wildman–Crippen LogP) is 0.484. The van der Waals surface area contributed by atoms with Crippen LogP contribution >= 0.6 is 0 Å². The van der Waals surface area contributed by atoms with Gasteiger partial charge in [0.1, 0.15) is 10.6 Å². The highest BCUT2D eigenvalue weighted by atomic mass is 32.2. The number of nitrogens with one attached hydrogen (secondary N) is 1. The van der Waals surface area contributed by atoms with Crippen molar-refractivity contribution in [2.45, 2.75) is 36.7 Å². The van der Waals surface area contributed by atoms with Crippen LogP contribution in [0.25, 0.3) is 0 Å². The summed E-state index contributed by atoms with van der Waals surface area (Å²) in [7, 11) is -0.155. The van der Waals surface area contributed by atoms with E-state index >= 15 is 0 Å². The van der Waals surface area contributed by atoms with E-state index in [-0.39, 0.29) is 16.6 Å². The van der Waals surface area contributed by atoms with Gasteiger partial charge in [0.15, 0.2) is 0 Å². The monoisotopic (exact) mass is 315 g/mol. The number of carbonyl (C=O) groups is 1. The van der Waals surface area contributed by atoms with Gasteiger partial charge in [-0.2, -0.15) is 0 Å². The zero-order valence-corrected chi connectivity index (χ0v) is 13.2. The van der Waals surface area contributed by atoms with E-state index in [1.54, 1.807) is 0 Å². The van der Waals surface area contributed by atoms with Gasteiger partial charge in [-0.25, -0.2) is 17.9 Å². The Labute approximate surface area is 124 Å².